The van der Waals surface area contributed by atoms with E-state index in [1.807, 2.05) is 43.5 Å². The lowest BCUT2D eigenvalue weighted by atomic mass is 10.1. The summed E-state index contributed by atoms with van der Waals surface area (Å²) in [5.41, 5.74) is 5.72. The number of benzene rings is 2. The molecule has 1 amide bonds. The van der Waals surface area contributed by atoms with Crippen molar-refractivity contribution >= 4 is 38.7 Å². The van der Waals surface area contributed by atoms with Crippen LogP contribution in [0.3, 0.4) is 0 Å². The van der Waals surface area contributed by atoms with Gasteiger partial charge in [0.2, 0.25) is 0 Å². The van der Waals surface area contributed by atoms with Gasteiger partial charge in [0.15, 0.2) is 0 Å². The van der Waals surface area contributed by atoms with Crippen molar-refractivity contribution in [3.63, 3.8) is 0 Å². The molecule has 0 atom stereocenters. The smallest absolute Gasteiger partial charge is 0.271 e. The maximum atomic E-state index is 12.8. The molecule has 0 aliphatic heterocycles. The molecule has 2 aromatic carbocycles. The Balaban J connectivity index is 1.79. The maximum absolute atomic E-state index is 12.8. The van der Waals surface area contributed by atoms with Crippen LogP contribution in [-0.4, -0.2) is 20.0 Å². The second kappa shape index (κ2) is 8.59. The Kier molecular flexibility index (Phi) is 6.14. The van der Waals surface area contributed by atoms with Crippen LogP contribution in [0, 0.1) is 13.8 Å². The van der Waals surface area contributed by atoms with Gasteiger partial charge in [-0.25, -0.2) is 13.8 Å². The average Bonchev–Trinajstić information content (AvgIpc) is 3.23. The fourth-order valence-corrected chi connectivity index (χ4v) is 4.53. The van der Waals surface area contributed by atoms with Gasteiger partial charge >= 0.3 is 0 Å². The third-order valence-electron chi connectivity index (χ3n) is 4.24. The third kappa shape index (κ3) is 5.10. The molecule has 2 N–H and O–H groups in total. The Bertz CT molecular complexity index is 1170. The molecule has 29 heavy (non-hydrogen) atoms. The highest BCUT2D eigenvalue weighted by molar-refractivity contribution is 7.92. The Labute approximate surface area is 174 Å². The van der Waals surface area contributed by atoms with Crippen LogP contribution in [0.2, 0.25) is 0 Å². The van der Waals surface area contributed by atoms with Gasteiger partial charge in [0.1, 0.15) is 0 Å². The first-order valence-corrected chi connectivity index (χ1v) is 11.2. The second-order valence-corrected chi connectivity index (χ2v) is 9.20. The molecule has 0 unspecified atom stereocenters. The predicted octanol–water partition coefficient (Wildman–Crippen LogP) is 4.32. The SMILES string of the molecule is C/C(=N\NC(=O)c1cccc(S(=O)(=O)Nc2ccc(C)cc2C)c1)c1cccs1. The van der Waals surface area contributed by atoms with Crippen LogP contribution in [0.5, 0.6) is 0 Å². The van der Waals surface area contributed by atoms with Gasteiger partial charge in [-0.15, -0.1) is 11.3 Å². The van der Waals surface area contributed by atoms with Gasteiger partial charge < -0.3 is 0 Å². The lowest BCUT2D eigenvalue weighted by molar-refractivity contribution is 0.0954. The van der Waals surface area contributed by atoms with E-state index in [2.05, 4.69) is 15.2 Å². The number of hydrazone groups is 1. The van der Waals surface area contributed by atoms with Crippen LogP contribution in [0.25, 0.3) is 0 Å². The van der Waals surface area contributed by atoms with Gasteiger partial charge in [0.05, 0.1) is 16.3 Å². The minimum Gasteiger partial charge on any atom is -0.279 e. The summed E-state index contributed by atoms with van der Waals surface area (Å²) in [5.74, 6) is -0.482. The molecule has 0 aliphatic rings. The summed E-state index contributed by atoms with van der Waals surface area (Å²) in [4.78, 5) is 13.4. The Morgan fingerprint density at radius 1 is 1.03 bits per heavy atom. The van der Waals surface area contributed by atoms with Crippen molar-refractivity contribution in [2.45, 2.75) is 25.7 Å². The highest BCUT2D eigenvalue weighted by Crippen LogP contribution is 2.21. The maximum Gasteiger partial charge on any atom is 0.271 e. The molecule has 1 heterocycles. The van der Waals surface area contributed by atoms with E-state index in [1.165, 1.54) is 29.5 Å². The summed E-state index contributed by atoms with van der Waals surface area (Å²) in [6.07, 6.45) is 0. The number of carbonyl (C=O) groups excluding carboxylic acids is 1. The number of carbonyl (C=O) groups is 1. The third-order valence-corrected chi connectivity index (χ3v) is 6.58. The summed E-state index contributed by atoms with van der Waals surface area (Å²) >= 11 is 1.52. The van der Waals surface area contributed by atoms with Crippen molar-refractivity contribution in [3.05, 3.63) is 81.5 Å². The van der Waals surface area contributed by atoms with Gasteiger partial charge in [0.25, 0.3) is 15.9 Å². The molecule has 0 radical (unpaired) electrons. The lowest BCUT2D eigenvalue weighted by Gasteiger charge is -2.12. The first-order valence-electron chi connectivity index (χ1n) is 8.85. The van der Waals surface area contributed by atoms with Crippen molar-refractivity contribution < 1.29 is 13.2 Å². The van der Waals surface area contributed by atoms with E-state index in [0.717, 1.165) is 16.0 Å². The molecule has 3 aromatic rings. The number of aryl methyl sites for hydroxylation is 2. The van der Waals surface area contributed by atoms with Gasteiger partial charge in [-0.1, -0.05) is 29.8 Å². The van der Waals surface area contributed by atoms with E-state index in [9.17, 15) is 13.2 Å². The van der Waals surface area contributed by atoms with E-state index in [0.29, 0.717) is 11.4 Å². The first kappa shape index (κ1) is 20.8. The largest absolute Gasteiger partial charge is 0.279 e. The van der Waals surface area contributed by atoms with Gasteiger partial charge in [-0.2, -0.15) is 5.10 Å². The number of anilines is 1. The zero-order valence-electron chi connectivity index (χ0n) is 16.3. The molecular weight excluding hydrogens is 406 g/mol. The van der Waals surface area contributed by atoms with Gasteiger partial charge in [-0.05, 0) is 62.0 Å². The molecule has 3 rings (SSSR count). The van der Waals surface area contributed by atoms with Crippen molar-refractivity contribution in [1.29, 1.82) is 0 Å². The van der Waals surface area contributed by atoms with Crippen LogP contribution in [0.15, 0.2) is 70.0 Å². The second-order valence-electron chi connectivity index (χ2n) is 6.57. The molecule has 0 fully saturated rings. The van der Waals surface area contributed by atoms with Gasteiger partial charge in [0, 0.05) is 10.4 Å². The molecule has 6 nitrogen and oxygen atoms in total. The monoisotopic (exact) mass is 427 g/mol. The zero-order chi connectivity index (χ0) is 21.0. The van der Waals surface area contributed by atoms with E-state index in [-0.39, 0.29) is 10.5 Å². The van der Waals surface area contributed by atoms with Crippen LogP contribution in [0.1, 0.15) is 33.3 Å². The summed E-state index contributed by atoms with van der Waals surface area (Å²) in [6.45, 7) is 5.57. The van der Waals surface area contributed by atoms with Crippen LogP contribution in [-0.2, 0) is 10.0 Å². The Morgan fingerprint density at radius 3 is 2.52 bits per heavy atom. The molecule has 0 spiro atoms. The van der Waals surface area contributed by atoms with Crippen molar-refractivity contribution in [1.82, 2.24) is 5.43 Å². The molecule has 0 saturated heterocycles. The number of hydrogen-bond donors (Lipinski definition) is 2. The molecule has 0 bridgehead atoms. The quantitative estimate of drug-likeness (QED) is 0.454. The van der Waals surface area contributed by atoms with Crippen molar-refractivity contribution in [2.75, 3.05) is 4.72 Å². The topological polar surface area (TPSA) is 87.6 Å². The lowest BCUT2D eigenvalue weighted by Crippen LogP contribution is -2.20. The number of rotatable bonds is 6. The highest BCUT2D eigenvalue weighted by atomic mass is 32.2. The minimum atomic E-state index is -3.84. The van der Waals surface area contributed by atoms with Crippen LogP contribution in [0.4, 0.5) is 5.69 Å². The summed E-state index contributed by atoms with van der Waals surface area (Å²) in [7, 11) is -3.84. The Hall–Kier alpha value is -2.97. The molecule has 1 aromatic heterocycles. The summed E-state index contributed by atoms with van der Waals surface area (Å²) in [5, 5.41) is 6.01. The highest BCUT2D eigenvalue weighted by Gasteiger charge is 2.17. The normalized spacial score (nSPS) is 11.9. The predicted molar refractivity (Wildman–Crippen MR) is 117 cm³/mol. The zero-order valence-corrected chi connectivity index (χ0v) is 17.9. The van der Waals surface area contributed by atoms with Crippen molar-refractivity contribution in [3.8, 4) is 0 Å². The Morgan fingerprint density at radius 2 is 1.83 bits per heavy atom. The first-order chi connectivity index (χ1) is 13.8. The van der Waals surface area contributed by atoms with Crippen LogP contribution >= 0.6 is 11.3 Å². The number of thiophene rings is 1. The van der Waals surface area contributed by atoms with E-state index in [4.69, 9.17) is 0 Å². The average molecular weight is 428 g/mol. The number of nitrogens with zero attached hydrogens (tertiary/aromatic N) is 1. The summed E-state index contributed by atoms with van der Waals surface area (Å²) in [6, 6.07) is 15.1. The standard InChI is InChI=1S/C21H21N3O3S2/c1-14-9-10-19(15(2)12-14)24-29(26,27)18-7-4-6-17(13-18)21(25)23-22-16(3)20-8-5-11-28-20/h4-13,24H,1-3H3,(H,23,25)/b22-16+. The van der Waals surface area contributed by atoms with E-state index in [1.54, 1.807) is 19.1 Å². The molecule has 0 aliphatic carbocycles. The van der Waals surface area contributed by atoms with Crippen molar-refractivity contribution in [2.24, 2.45) is 5.10 Å². The fourth-order valence-electron chi connectivity index (χ4n) is 2.67. The molecule has 8 heteroatoms. The number of hydrogen-bond acceptors (Lipinski definition) is 5. The molecule has 150 valence electrons. The fraction of sp³-hybridized carbons (Fsp3) is 0.143. The molecular formula is C21H21N3O3S2. The van der Waals surface area contributed by atoms with Crippen LogP contribution < -0.4 is 10.1 Å². The molecule has 0 saturated carbocycles. The van der Waals surface area contributed by atoms with E-state index >= 15 is 0 Å². The minimum absolute atomic E-state index is 0.00378. The van der Waals surface area contributed by atoms with E-state index < -0.39 is 15.9 Å². The number of amides is 1. The van der Waals surface area contributed by atoms with Gasteiger partial charge in [-0.3, -0.25) is 9.52 Å². The number of nitrogens with one attached hydrogen (secondary N) is 2. The summed E-state index contributed by atoms with van der Waals surface area (Å²) < 4.78 is 28.1. The number of sulfonamides is 1.